The van der Waals surface area contributed by atoms with Gasteiger partial charge in [0.1, 0.15) is 5.69 Å². The van der Waals surface area contributed by atoms with E-state index in [1.54, 1.807) is 18.2 Å². The fraction of sp³-hybridized carbons (Fsp3) is 0.235. The van der Waals surface area contributed by atoms with Gasteiger partial charge in [-0.3, -0.25) is 14.6 Å². The lowest BCUT2D eigenvalue weighted by Crippen LogP contribution is -2.25. The monoisotopic (exact) mass is 331 g/mol. The molecule has 0 bridgehead atoms. The van der Waals surface area contributed by atoms with Gasteiger partial charge >= 0.3 is 0 Å². The molecule has 1 aromatic heterocycles. The molecule has 0 spiro atoms. The number of benzene rings is 1. The predicted octanol–water partition coefficient (Wildman–Crippen LogP) is 3.44. The van der Waals surface area contributed by atoms with Crippen LogP contribution in [0.25, 0.3) is 0 Å². The number of aryl methyl sites for hydroxylation is 1. The highest BCUT2D eigenvalue weighted by Gasteiger charge is 2.12. The van der Waals surface area contributed by atoms with Crippen LogP contribution in [0.1, 0.15) is 39.8 Å². The molecule has 23 heavy (non-hydrogen) atoms. The first-order valence-corrected chi connectivity index (χ1v) is 7.71. The van der Waals surface area contributed by atoms with Crippen LogP contribution < -0.4 is 10.6 Å². The van der Waals surface area contributed by atoms with E-state index in [1.807, 2.05) is 19.9 Å². The molecule has 0 unspecified atom stereocenters. The van der Waals surface area contributed by atoms with Gasteiger partial charge in [0.15, 0.2) is 0 Å². The van der Waals surface area contributed by atoms with Crippen molar-refractivity contribution in [3.63, 3.8) is 0 Å². The highest BCUT2D eigenvalue weighted by atomic mass is 35.5. The van der Waals surface area contributed by atoms with Gasteiger partial charge in [0, 0.05) is 29.0 Å². The molecule has 1 heterocycles. The van der Waals surface area contributed by atoms with Gasteiger partial charge in [0.2, 0.25) is 0 Å². The molecule has 0 saturated heterocycles. The van der Waals surface area contributed by atoms with Crippen LogP contribution >= 0.6 is 11.6 Å². The molecular formula is C17H18ClN3O2. The number of hydrogen-bond acceptors (Lipinski definition) is 3. The molecule has 1 aromatic carbocycles. The second-order valence-electron chi connectivity index (χ2n) is 5.10. The zero-order valence-corrected chi connectivity index (χ0v) is 13.8. The van der Waals surface area contributed by atoms with Crippen LogP contribution in [-0.4, -0.2) is 23.3 Å². The Hall–Kier alpha value is -2.40. The third-order valence-electron chi connectivity index (χ3n) is 3.24. The maximum Gasteiger partial charge on any atom is 0.269 e. The zero-order chi connectivity index (χ0) is 16.8. The van der Waals surface area contributed by atoms with E-state index < -0.39 is 0 Å². The lowest BCUT2D eigenvalue weighted by Gasteiger charge is -2.09. The standard InChI is InChI=1S/C17H18ClN3O2/c1-3-7-20-17(23)15-9-12(6-8-19-15)16(22)21-14-10-13(18)5-4-11(14)2/h4-6,8-10H,3,7H2,1-2H3,(H,20,23)(H,21,22). The number of anilines is 1. The number of pyridine rings is 1. The molecule has 120 valence electrons. The van der Waals surface area contributed by atoms with Crippen molar-refractivity contribution in [3.8, 4) is 0 Å². The summed E-state index contributed by atoms with van der Waals surface area (Å²) in [7, 11) is 0. The Morgan fingerprint density at radius 2 is 1.96 bits per heavy atom. The second-order valence-corrected chi connectivity index (χ2v) is 5.54. The molecular weight excluding hydrogens is 314 g/mol. The Bertz CT molecular complexity index is 732. The van der Waals surface area contributed by atoms with Crippen molar-refractivity contribution in [3.05, 3.63) is 58.4 Å². The number of nitrogens with one attached hydrogen (secondary N) is 2. The minimum absolute atomic E-state index is 0.217. The smallest absolute Gasteiger partial charge is 0.269 e. The van der Waals surface area contributed by atoms with Crippen molar-refractivity contribution in [2.45, 2.75) is 20.3 Å². The Morgan fingerprint density at radius 1 is 1.17 bits per heavy atom. The molecule has 2 rings (SSSR count). The first kappa shape index (κ1) is 17.0. The molecule has 0 radical (unpaired) electrons. The van der Waals surface area contributed by atoms with E-state index >= 15 is 0 Å². The van der Waals surface area contributed by atoms with Gasteiger partial charge in [-0.2, -0.15) is 0 Å². The van der Waals surface area contributed by atoms with E-state index in [4.69, 9.17) is 11.6 Å². The molecule has 0 fully saturated rings. The van der Waals surface area contributed by atoms with E-state index in [0.29, 0.717) is 22.8 Å². The van der Waals surface area contributed by atoms with Crippen LogP contribution in [0.15, 0.2) is 36.5 Å². The van der Waals surface area contributed by atoms with Crippen LogP contribution in [0.4, 0.5) is 5.69 Å². The first-order chi connectivity index (χ1) is 11.0. The maximum atomic E-state index is 12.4. The Labute approximate surface area is 140 Å². The number of nitrogens with zero attached hydrogens (tertiary/aromatic N) is 1. The molecule has 6 heteroatoms. The third-order valence-corrected chi connectivity index (χ3v) is 3.47. The number of amides is 2. The Morgan fingerprint density at radius 3 is 2.70 bits per heavy atom. The molecule has 0 atom stereocenters. The highest BCUT2D eigenvalue weighted by Crippen LogP contribution is 2.20. The van der Waals surface area contributed by atoms with Gasteiger partial charge in [0.05, 0.1) is 0 Å². The van der Waals surface area contributed by atoms with Gasteiger partial charge in [-0.1, -0.05) is 24.6 Å². The lowest BCUT2D eigenvalue weighted by atomic mass is 10.1. The Kier molecular flexibility index (Phi) is 5.71. The summed E-state index contributed by atoms with van der Waals surface area (Å²) in [6.07, 6.45) is 2.28. The molecule has 0 aliphatic rings. The van der Waals surface area contributed by atoms with Crippen molar-refractivity contribution >= 4 is 29.1 Å². The average molecular weight is 332 g/mol. The van der Waals surface area contributed by atoms with Gasteiger partial charge in [-0.15, -0.1) is 0 Å². The number of carbonyl (C=O) groups excluding carboxylic acids is 2. The van der Waals surface area contributed by atoms with Crippen LogP contribution in [-0.2, 0) is 0 Å². The van der Waals surface area contributed by atoms with Crippen molar-refractivity contribution < 1.29 is 9.59 Å². The van der Waals surface area contributed by atoms with E-state index in [0.717, 1.165) is 12.0 Å². The van der Waals surface area contributed by atoms with Gasteiger partial charge in [0.25, 0.3) is 11.8 Å². The molecule has 0 aliphatic heterocycles. The molecule has 2 amide bonds. The summed E-state index contributed by atoms with van der Waals surface area (Å²) < 4.78 is 0. The summed E-state index contributed by atoms with van der Waals surface area (Å²) in [4.78, 5) is 28.3. The summed E-state index contributed by atoms with van der Waals surface area (Å²) in [6, 6.07) is 8.31. The number of rotatable bonds is 5. The Balaban J connectivity index is 2.16. The largest absolute Gasteiger partial charge is 0.351 e. The minimum Gasteiger partial charge on any atom is -0.351 e. The highest BCUT2D eigenvalue weighted by molar-refractivity contribution is 6.31. The molecule has 5 nitrogen and oxygen atoms in total. The number of halogens is 1. The third kappa shape index (κ3) is 4.53. The van der Waals surface area contributed by atoms with Crippen LogP contribution in [0.2, 0.25) is 5.02 Å². The molecule has 0 saturated carbocycles. The summed E-state index contributed by atoms with van der Waals surface area (Å²) in [5, 5.41) is 6.07. The number of carbonyl (C=O) groups is 2. The van der Waals surface area contributed by atoms with Gasteiger partial charge < -0.3 is 10.6 Å². The van der Waals surface area contributed by atoms with Gasteiger partial charge in [-0.05, 0) is 43.2 Å². The van der Waals surface area contributed by atoms with Gasteiger partial charge in [-0.25, -0.2) is 0 Å². The quantitative estimate of drug-likeness (QED) is 0.881. The average Bonchev–Trinajstić information content (AvgIpc) is 2.56. The van der Waals surface area contributed by atoms with E-state index in [2.05, 4.69) is 15.6 Å². The molecule has 0 aliphatic carbocycles. The van der Waals surface area contributed by atoms with Crippen molar-refractivity contribution in [2.75, 3.05) is 11.9 Å². The van der Waals surface area contributed by atoms with E-state index in [1.165, 1.54) is 12.3 Å². The molecule has 2 N–H and O–H groups in total. The fourth-order valence-corrected chi connectivity index (χ4v) is 2.12. The van der Waals surface area contributed by atoms with Crippen LogP contribution in [0.5, 0.6) is 0 Å². The van der Waals surface area contributed by atoms with Crippen molar-refractivity contribution in [1.82, 2.24) is 10.3 Å². The second kappa shape index (κ2) is 7.74. The van der Waals surface area contributed by atoms with E-state index in [-0.39, 0.29) is 17.5 Å². The topological polar surface area (TPSA) is 71.1 Å². The minimum atomic E-state index is -0.317. The number of aromatic nitrogens is 1. The van der Waals surface area contributed by atoms with Crippen molar-refractivity contribution in [1.29, 1.82) is 0 Å². The predicted molar refractivity (Wildman–Crippen MR) is 91.0 cm³/mol. The SMILES string of the molecule is CCCNC(=O)c1cc(C(=O)Nc2cc(Cl)ccc2C)ccn1. The summed E-state index contributed by atoms with van der Waals surface area (Å²) in [5.74, 6) is -0.609. The lowest BCUT2D eigenvalue weighted by molar-refractivity contribution is 0.0948. The van der Waals surface area contributed by atoms with Crippen LogP contribution in [0.3, 0.4) is 0 Å². The first-order valence-electron chi connectivity index (χ1n) is 7.33. The van der Waals surface area contributed by atoms with Crippen molar-refractivity contribution in [2.24, 2.45) is 0 Å². The van der Waals surface area contributed by atoms with E-state index in [9.17, 15) is 9.59 Å². The van der Waals surface area contributed by atoms with Crippen LogP contribution in [0, 0.1) is 6.92 Å². The molecule has 2 aromatic rings. The zero-order valence-electron chi connectivity index (χ0n) is 13.0. The summed E-state index contributed by atoms with van der Waals surface area (Å²) >= 11 is 5.95. The summed E-state index contributed by atoms with van der Waals surface area (Å²) in [6.45, 7) is 4.41. The maximum absolute atomic E-state index is 12.4. The fourth-order valence-electron chi connectivity index (χ4n) is 1.95. The number of hydrogen-bond donors (Lipinski definition) is 2. The normalized spacial score (nSPS) is 10.2. The summed E-state index contributed by atoms with van der Waals surface area (Å²) in [5.41, 5.74) is 2.11.